The maximum atomic E-state index is 4.80. The van der Waals surface area contributed by atoms with E-state index in [1.165, 1.54) is 43.7 Å². The highest BCUT2D eigenvalue weighted by molar-refractivity contribution is 6.11. The summed E-state index contributed by atoms with van der Waals surface area (Å²) in [7, 11) is 0. The Morgan fingerprint density at radius 3 is 1.97 bits per heavy atom. The van der Waals surface area contributed by atoms with E-state index < -0.39 is 0 Å². The molecule has 0 saturated carbocycles. The second-order valence-corrected chi connectivity index (χ2v) is 9.71. The van der Waals surface area contributed by atoms with E-state index in [1.54, 1.807) is 0 Å². The van der Waals surface area contributed by atoms with Crippen LogP contribution in [0.5, 0.6) is 0 Å². The molecule has 0 aliphatic heterocycles. The van der Waals surface area contributed by atoms with Gasteiger partial charge in [0.25, 0.3) is 0 Å². The van der Waals surface area contributed by atoms with Crippen molar-refractivity contribution in [2.75, 3.05) is 0 Å². The zero-order valence-corrected chi connectivity index (χ0v) is 20.5. The third kappa shape index (κ3) is 3.19. The van der Waals surface area contributed by atoms with Gasteiger partial charge in [0.2, 0.25) is 0 Å². The van der Waals surface area contributed by atoms with Gasteiger partial charge in [-0.05, 0) is 70.4 Å². The highest BCUT2D eigenvalue weighted by Crippen LogP contribution is 2.36. The Labute approximate surface area is 219 Å². The lowest BCUT2D eigenvalue weighted by Crippen LogP contribution is -1.94. The molecule has 38 heavy (non-hydrogen) atoms. The molecular formula is C35H22N3-. The predicted octanol–water partition coefficient (Wildman–Crippen LogP) is 8.78. The number of pyridine rings is 1. The maximum Gasteiger partial charge on any atom is 0.0701 e. The molecule has 0 unspecified atom stereocenters. The molecule has 0 spiro atoms. The lowest BCUT2D eigenvalue weighted by atomic mass is 10.0. The number of fused-ring (bicyclic) bond motifs is 6. The molecule has 0 saturated heterocycles. The summed E-state index contributed by atoms with van der Waals surface area (Å²) in [6, 6.07) is 45.1. The van der Waals surface area contributed by atoms with Gasteiger partial charge >= 0.3 is 0 Å². The molecule has 0 atom stereocenters. The SMILES string of the molecule is c1ccc(-c2ccc(-n3c4ccccc4c4cc(-c5ccc6[n-]c7ccccc7c6c5)ccc43)cc2)nc1. The van der Waals surface area contributed by atoms with Gasteiger partial charge in [-0.3, -0.25) is 4.98 Å². The average molecular weight is 485 g/mol. The summed E-state index contributed by atoms with van der Waals surface area (Å²) in [6.45, 7) is 0. The van der Waals surface area contributed by atoms with Crippen LogP contribution in [0, 0.1) is 0 Å². The highest BCUT2D eigenvalue weighted by atomic mass is 15.0. The Morgan fingerprint density at radius 1 is 0.474 bits per heavy atom. The first-order valence-electron chi connectivity index (χ1n) is 12.8. The summed E-state index contributed by atoms with van der Waals surface area (Å²) < 4.78 is 2.36. The van der Waals surface area contributed by atoms with Gasteiger partial charge in [-0.15, -0.1) is 11.0 Å². The van der Waals surface area contributed by atoms with Crippen LogP contribution in [0.2, 0.25) is 0 Å². The van der Waals surface area contributed by atoms with Crippen LogP contribution in [0.1, 0.15) is 0 Å². The first-order valence-corrected chi connectivity index (χ1v) is 12.8. The second-order valence-electron chi connectivity index (χ2n) is 9.71. The fourth-order valence-electron chi connectivity index (χ4n) is 5.70. The molecule has 8 rings (SSSR count). The number of aromatic nitrogens is 3. The normalized spacial score (nSPS) is 11.7. The van der Waals surface area contributed by atoms with Gasteiger partial charge in [-0.1, -0.05) is 78.9 Å². The number of para-hydroxylation sites is 2. The molecule has 3 heteroatoms. The standard InChI is InChI=1S/C35H22N3/c1-3-10-32-27(7-1)29-21-24(14-18-33(29)37-32)25-15-19-35-30(22-25)28-8-2-4-11-34(28)38(35)26-16-12-23(13-17-26)31-9-5-6-20-36-31/h1-22H/q-1. The van der Waals surface area contributed by atoms with Crippen molar-refractivity contribution in [3.63, 3.8) is 0 Å². The molecular weight excluding hydrogens is 462 g/mol. The molecule has 0 aliphatic carbocycles. The minimum Gasteiger partial charge on any atom is -0.657 e. The van der Waals surface area contributed by atoms with Gasteiger partial charge in [0.1, 0.15) is 0 Å². The molecule has 0 radical (unpaired) electrons. The van der Waals surface area contributed by atoms with E-state index in [2.05, 4.69) is 113 Å². The van der Waals surface area contributed by atoms with Gasteiger partial charge in [0.05, 0.1) is 16.7 Å². The van der Waals surface area contributed by atoms with Crippen LogP contribution in [0.4, 0.5) is 0 Å². The smallest absolute Gasteiger partial charge is 0.0701 e. The van der Waals surface area contributed by atoms with Crippen molar-refractivity contribution in [1.82, 2.24) is 14.5 Å². The summed E-state index contributed by atoms with van der Waals surface area (Å²) in [6.07, 6.45) is 1.84. The van der Waals surface area contributed by atoms with E-state index in [1.807, 2.05) is 30.5 Å². The third-order valence-electron chi connectivity index (χ3n) is 7.52. The van der Waals surface area contributed by atoms with Gasteiger partial charge in [0, 0.05) is 28.2 Å². The minimum absolute atomic E-state index is 0.982. The van der Waals surface area contributed by atoms with Crippen LogP contribution >= 0.6 is 0 Å². The molecule has 0 aliphatic rings. The van der Waals surface area contributed by atoms with Crippen molar-refractivity contribution >= 4 is 43.6 Å². The van der Waals surface area contributed by atoms with Crippen molar-refractivity contribution in [2.24, 2.45) is 0 Å². The Hall–Kier alpha value is -5.15. The first-order chi connectivity index (χ1) is 18.8. The molecule has 5 aromatic carbocycles. The van der Waals surface area contributed by atoms with Gasteiger partial charge in [-0.25, -0.2) is 0 Å². The van der Waals surface area contributed by atoms with Crippen molar-refractivity contribution < 1.29 is 0 Å². The Bertz CT molecular complexity index is 2110. The largest absolute Gasteiger partial charge is 0.657 e. The number of hydrogen-bond acceptors (Lipinski definition) is 1. The first kappa shape index (κ1) is 21.0. The van der Waals surface area contributed by atoms with Crippen LogP contribution < -0.4 is 4.98 Å². The molecule has 3 heterocycles. The maximum absolute atomic E-state index is 4.80. The zero-order chi connectivity index (χ0) is 25.1. The molecule has 0 bridgehead atoms. The van der Waals surface area contributed by atoms with Crippen molar-refractivity contribution in [3.05, 3.63) is 134 Å². The predicted molar refractivity (Wildman–Crippen MR) is 158 cm³/mol. The van der Waals surface area contributed by atoms with Crippen LogP contribution in [-0.4, -0.2) is 9.55 Å². The number of benzene rings is 5. The Kier molecular flexibility index (Phi) is 4.52. The molecule has 0 N–H and O–H groups in total. The number of nitrogens with zero attached hydrogens (tertiary/aromatic N) is 3. The minimum atomic E-state index is 0.982. The van der Waals surface area contributed by atoms with E-state index in [-0.39, 0.29) is 0 Å². The van der Waals surface area contributed by atoms with E-state index in [0.29, 0.717) is 0 Å². The quantitative estimate of drug-likeness (QED) is 0.251. The molecule has 178 valence electrons. The molecule has 0 fully saturated rings. The monoisotopic (exact) mass is 484 g/mol. The fraction of sp³-hybridized carbons (Fsp3) is 0. The Balaban J connectivity index is 1.29. The number of rotatable bonds is 3. The summed E-state index contributed by atoms with van der Waals surface area (Å²) in [5.41, 5.74) is 10.1. The third-order valence-corrected chi connectivity index (χ3v) is 7.52. The van der Waals surface area contributed by atoms with E-state index in [0.717, 1.165) is 28.0 Å². The lowest BCUT2D eigenvalue weighted by Gasteiger charge is -2.10. The topological polar surface area (TPSA) is 31.9 Å². The van der Waals surface area contributed by atoms with E-state index in [4.69, 9.17) is 4.98 Å². The fourth-order valence-corrected chi connectivity index (χ4v) is 5.70. The summed E-state index contributed by atoms with van der Waals surface area (Å²) in [5, 5.41) is 4.90. The van der Waals surface area contributed by atoms with E-state index >= 15 is 0 Å². The summed E-state index contributed by atoms with van der Waals surface area (Å²) >= 11 is 0. The highest BCUT2D eigenvalue weighted by Gasteiger charge is 2.13. The molecule has 3 aromatic heterocycles. The second kappa shape index (κ2) is 8.19. The summed E-state index contributed by atoms with van der Waals surface area (Å²) in [5.74, 6) is 0. The van der Waals surface area contributed by atoms with Crippen LogP contribution in [0.15, 0.2) is 134 Å². The lowest BCUT2D eigenvalue weighted by molar-refractivity contribution is 1.18. The molecule has 3 nitrogen and oxygen atoms in total. The summed E-state index contributed by atoms with van der Waals surface area (Å²) in [4.78, 5) is 9.30. The van der Waals surface area contributed by atoms with Crippen molar-refractivity contribution in [1.29, 1.82) is 0 Å². The van der Waals surface area contributed by atoms with Gasteiger partial charge < -0.3 is 9.55 Å². The Morgan fingerprint density at radius 2 is 1.13 bits per heavy atom. The van der Waals surface area contributed by atoms with Crippen LogP contribution in [0.3, 0.4) is 0 Å². The molecule has 8 aromatic rings. The number of hydrogen-bond donors (Lipinski definition) is 0. The van der Waals surface area contributed by atoms with Gasteiger partial charge in [-0.2, -0.15) is 0 Å². The van der Waals surface area contributed by atoms with Crippen LogP contribution in [-0.2, 0) is 0 Å². The molecule has 0 amide bonds. The van der Waals surface area contributed by atoms with Crippen molar-refractivity contribution in [3.8, 4) is 28.1 Å². The van der Waals surface area contributed by atoms with Crippen LogP contribution in [0.25, 0.3) is 71.7 Å². The zero-order valence-electron chi connectivity index (χ0n) is 20.5. The average Bonchev–Trinajstić information content (AvgIpc) is 3.53. The van der Waals surface area contributed by atoms with Gasteiger partial charge in [0.15, 0.2) is 0 Å². The van der Waals surface area contributed by atoms with Crippen molar-refractivity contribution in [2.45, 2.75) is 0 Å². The van der Waals surface area contributed by atoms with E-state index in [9.17, 15) is 0 Å².